The van der Waals surface area contributed by atoms with E-state index in [2.05, 4.69) is 10.6 Å². The fourth-order valence-corrected chi connectivity index (χ4v) is 2.40. The Morgan fingerprint density at radius 1 is 1.13 bits per heavy atom. The molecule has 0 bridgehead atoms. The van der Waals surface area contributed by atoms with Gasteiger partial charge in [0.25, 0.3) is 5.91 Å². The molecule has 1 atom stereocenters. The summed E-state index contributed by atoms with van der Waals surface area (Å²) in [6.45, 7) is 1.55. The third-order valence-corrected chi connectivity index (χ3v) is 3.92. The number of rotatable bonds is 5. The number of halogens is 1. The van der Waals surface area contributed by atoms with E-state index in [4.69, 9.17) is 0 Å². The number of amides is 2. The van der Waals surface area contributed by atoms with E-state index < -0.39 is 17.8 Å². The van der Waals surface area contributed by atoms with Crippen molar-refractivity contribution in [1.82, 2.24) is 5.32 Å². The van der Waals surface area contributed by atoms with Crippen LogP contribution in [-0.2, 0) is 4.79 Å². The number of anilines is 1. The van der Waals surface area contributed by atoms with Crippen molar-refractivity contribution >= 4 is 29.3 Å². The van der Waals surface area contributed by atoms with Gasteiger partial charge in [0, 0.05) is 10.6 Å². The van der Waals surface area contributed by atoms with Gasteiger partial charge in [-0.25, -0.2) is 4.39 Å². The molecule has 0 fully saturated rings. The summed E-state index contributed by atoms with van der Waals surface area (Å²) in [6.07, 6.45) is 1.94. The van der Waals surface area contributed by atoms with Crippen LogP contribution in [0.4, 0.5) is 10.1 Å². The maximum atomic E-state index is 13.6. The highest BCUT2D eigenvalue weighted by molar-refractivity contribution is 7.98. The molecule has 2 rings (SSSR count). The fraction of sp³-hybridized carbons (Fsp3) is 0.176. The molecule has 0 radical (unpaired) electrons. The van der Waals surface area contributed by atoms with Crippen molar-refractivity contribution in [2.24, 2.45) is 0 Å². The van der Waals surface area contributed by atoms with E-state index in [0.717, 1.165) is 4.90 Å². The second kappa shape index (κ2) is 7.78. The smallest absolute Gasteiger partial charge is 0.254 e. The Hall–Kier alpha value is -2.34. The van der Waals surface area contributed by atoms with Crippen LogP contribution in [0.25, 0.3) is 0 Å². The highest BCUT2D eigenvalue weighted by Gasteiger charge is 2.18. The summed E-state index contributed by atoms with van der Waals surface area (Å²) in [4.78, 5) is 25.2. The van der Waals surface area contributed by atoms with Gasteiger partial charge in [-0.1, -0.05) is 18.2 Å². The first-order chi connectivity index (χ1) is 11.0. The van der Waals surface area contributed by atoms with Crippen LogP contribution in [0.3, 0.4) is 0 Å². The molecule has 0 aliphatic rings. The molecular formula is C17H17FN2O2S. The number of carbonyl (C=O) groups is 2. The third-order valence-electron chi connectivity index (χ3n) is 3.20. The maximum absolute atomic E-state index is 13.6. The summed E-state index contributed by atoms with van der Waals surface area (Å²) < 4.78 is 13.6. The lowest BCUT2D eigenvalue weighted by Gasteiger charge is -2.14. The molecule has 6 heteroatoms. The first-order valence-electron chi connectivity index (χ1n) is 7.01. The molecule has 1 unspecified atom stereocenters. The van der Waals surface area contributed by atoms with E-state index in [1.807, 2.05) is 24.5 Å². The fourth-order valence-electron chi connectivity index (χ4n) is 1.94. The second-order valence-electron chi connectivity index (χ2n) is 4.90. The molecule has 0 heterocycles. The molecule has 0 saturated heterocycles. The van der Waals surface area contributed by atoms with E-state index in [1.54, 1.807) is 30.8 Å². The second-order valence-corrected chi connectivity index (χ2v) is 5.78. The summed E-state index contributed by atoms with van der Waals surface area (Å²) in [7, 11) is 0. The van der Waals surface area contributed by atoms with Crippen LogP contribution in [0, 0.1) is 5.82 Å². The van der Waals surface area contributed by atoms with Crippen molar-refractivity contribution in [3.8, 4) is 0 Å². The zero-order valence-corrected chi connectivity index (χ0v) is 13.6. The molecule has 23 heavy (non-hydrogen) atoms. The van der Waals surface area contributed by atoms with Crippen molar-refractivity contribution in [2.75, 3.05) is 11.6 Å². The average Bonchev–Trinajstić information content (AvgIpc) is 2.55. The molecule has 2 aromatic rings. The zero-order chi connectivity index (χ0) is 16.8. The summed E-state index contributed by atoms with van der Waals surface area (Å²) in [6, 6.07) is 12.2. The minimum absolute atomic E-state index is 0.0865. The lowest BCUT2D eigenvalue weighted by molar-refractivity contribution is -0.117. The van der Waals surface area contributed by atoms with E-state index >= 15 is 0 Å². The van der Waals surface area contributed by atoms with Gasteiger partial charge in [-0.2, -0.15) is 0 Å². The Labute approximate surface area is 138 Å². The van der Waals surface area contributed by atoms with Crippen LogP contribution in [0.2, 0.25) is 0 Å². The minimum atomic E-state index is -0.792. The molecule has 0 aliphatic carbocycles. The topological polar surface area (TPSA) is 58.2 Å². The van der Waals surface area contributed by atoms with E-state index in [0.29, 0.717) is 5.69 Å². The molecule has 0 aromatic heterocycles. The molecule has 0 saturated carbocycles. The van der Waals surface area contributed by atoms with Gasteiger partial charge < -0.3 is 10.6 Å². The maximum Gasteiger partial charge on any atom is 0.254 e. The van der Waals surface area contributed by atoms with E-state index in [-0.39, 0.29) is 11.5 Å². The highest BCUT2D eigenvalue weighted by atomic mass is 32.2. The van der Waals surface area contributed by atoms with Gasteiger partial charge in [0.2, 0.25) is 5.91 Å². The summed E-state index contributed by atoms with van der Waals surface area (Å²) in [5.74, 6) is -1.61. The van der Waals surface area contributed by atoms with Gasteiger partial charge in [-0.3, -0.25) is 9.59 Å². The number of hydrogen-bond acceptors (Lipinski definition) is 3. The van der Waals surface area contributed by atoms with Crippen molar-refractivity contribution in [3.05, 3.63) is 59.9 Å². The van der Waals surface area contributed by atoms with Crippen molar-refractivity contribution in [2.45, 2.75) is 17.9 Å². The number of nitrogens with one attached hydrogen (secondary N) is 2. The van der Waals surface area contributed by atoms with Crippen LogP contribution < -0.4 is 10.6 Å². The van der Waals surface area contributed by atoms with Gasteiger partial charge in [-0.05, 0) is 43.5 Å². The molecule has 0 spiro atoms. The molecule has 2 N–H and O–H groups in total. The van der Waals surface area contributed by atoms with Crippen LogP contribution in [-0.4, -0.2) is 24.1 Å². The molecule has 4 nitrogen and oxygen atoms in total. The quantitative estimate of drug-likeness (QED) is 0.826. The van der Waals surface area contributed by atoms with E-state index in [9.17, 15) is 14.0 Å². The van der Waals surface area contributed by atoms with Gasteiger partial charge in [0.05, 0.1) is 5.56 Å². The minimum Gasteiger partial charge on any atom is -0.340 e. The zero-order valence-electron chi connectivity index (χ0n) is 12.8. The normalized spacial score (nSPS) is 11.6. The van der Waals surface area contributed by atoms with Gasteiger partial charge in [0.15, 0.2) is 0 Å². The first-order valence-corrected chi connectivity index (χ1v) is 8.24. The Morgan fingerprint density at radius 3 is 2.57 bits per heavy atom. The van der Waals surface area contributed by atoms with Crippen molar-refractivity contribution in [3.63, 3.8) is 0 Å². The number of carbonyl (C=O) groups excluding carboxylic acids is 2. The molecule has 2 amide bonds. The largest absolute Gasteiger partial charge is 0.340 e. The van der Waals surface area contributed by atoms with Crippen LogP contribution in [0.1, 0.15) is 17.3 Å². The monoisotopic (exact) mass is 332 g/mol. The molecule has 2 aromatic carbocycles. The van der Waals surface area contributed by atoms with Crippen LogP contribution >= 0.6 is 11.8 Å². The Bertz CT molecular complexity index is 721. The van der Waals surface area contributed by atoms with Crippen LogP contribution in [0.5, 0.6) is 0 Å². The Morgan fingerprint density at radius 2 is 1.87 bits per heavy atom. The predicted molar refractivity (Wildman–Crippen MR) is 90.2 cm³/mol. The van der Waals surface area contributed by atoms with Crippen molar-refractivity contribution < 1.29 is 14.0 Å². The standard InChI is InChI=1S/C17H17FN2O2S/c1-11(19-17(22)14-8-3-4-9-15(14)18)16(21)20-12-6-5-7-13(10-12)23-2/h3-11H,1-2H3,(H,19,22)(H,20,21). The number of benzene rings is 2. The van der Waals surface area contributed by atoms with Gasteiger partial charge in [0.1, 0.15) is 11.9 Å². The summed E-state index contributed by atoms with van der Waals surface area (Å²) in [5.41, 5.74) is 0.561. The molecular weight excluding hydrogens is 315 g/mol. The summed E-state index contributed by atoms with van der Waals surface area (Å²) >= 11 is 1.57. The molecule has 0 aliphatic heterocycles. The van der Waals surface area contributed by atoms with Crippen molar-refractivity contribution in [1.29, 1.82) is 0 Å². The van der Waals surface area contributed by atoms with Crippen LogP contribution in [0.15, 0.2) is 53.4 Å². The van der Waals surface area contributed by atoms with Gasteiger partial charge >= 0.3 is 0 Å². The predicted octanol–water partition coefficient (Wildman–Crippen LogP) is 3.30. The SMILES string of the molecule is CSc1cccc(NC(=O)C(C)NC(=O)c2ccccc2F)c1. The average molecular weight is 332 g/mol. The highest BCUT2D eigenvalue weighted by Crippen LogP contribution is 2.19. The molecule has 120 valence electrons. The lowest BCUT2D eigenvalue weighted by atomic mass is 10.2. The third kappa shape index (κ3) is 4.56. The van der Waals surface area contributed by atoms with E-state index in [1.165, 1.54) is 18.2 Å². The Balaban J connectivity index is 1.99. The first kappa shape index (κ1) is 17.0. The lowest BCUT2D eigenvalue weighted by Crippen LogP contribution is -2.41. The summed E-state index contributed by atoms with van der Waals surface area (Å²) in [5, 5.41) is 5.22. The van der Waals surface area contributed by atoms with Gasteiger partial charge in [-0.15, -0.1) is 11.8 Å². The Kier molecular flexibility index (Phi) is 5.76. The number of thioether (sulfide) groups is 1. The number of hydrogen-bond donors (Lipinski definition) is 2.